The Bertz CT molecular complexity index is 1160. The summed E-state index contributed by atoms with van der Waals surface area (Å²) in [6.07, 6.45) is 0. The van der Waals surface area contributed by atoms with Gasteiger partial charge in [0, 0.05) is 6.54 Å². The highest BCUT2D eigenvalue weighted by molar-refractivity contribution is 6.11. The molecule has 8 heteroatoms. The molecular weight excluding hydrogens is 434 g/mol. The summed E-state index contributed by atoms with van der Waals surface area (Å²) >= 11 is 0. The first-order chi connectivity index (χ1) is 16.5. The molecule has 0 atom stereocenters. The van der Waals surface area contributed by atoms with Crippen molar-refractivity contribution in [1.82, 2.24) is 15.5 Å². The Balaban J connectivity index is 1.52. The van der Waals surface area contributed by atoms with Crippen molar-refractivity contribution in [2.75, 3.05) is 20.8 Å². The summed E-state index contributed by atoms with van der Waals surface area (Å²) in [5.41, 5.74) is 0.621. The molecule has 1 aliphatic rings. The average Bonchev–Trinajstić information content (AvgIpc) is 3.14. The van der Waals surface area contributed by atoms with Crippen molar-refractivity contribution >= 4 is 17.8 Å². The largest absolute Gasteiger partial charge is 0.493 e. The molecule has 3 aromatic carbocycles. The Hall–Kier alpha value is -4.33. The van der Waals surface area contributed by atoms with Crippen molar-refractivity contribution in [1.29, 1.82) is 0 Å². The number of imide groups is 1. The van der Waals surface area contributed by atoms with Gasteiger partial charge < -0.3 is 20.1 Å². The summed E-state index contributed by atoms with van der Waals surface area (Å²) in [6.45, 7) is -0.204. The molecule has 8 nitrogen and oxygen atoms in total. The Morgan fingerprint density at radius 2 is 1.47 bits per heavy atom. The van der Waals surface area contributed by atoms with E-state index in [2.05, 4.69) is 10.6 Å². The van der Waals surface area contributed by atoms with Crippen LogP contribution in [0.25, 0.3) is 0 Å². The van der Waals surface area contributed by atoms with Crippen LogP contribution in [-0.4, -0.2) is 43.5 Å². The molecule has 0 bridgehead atoms. The molecule has 0 unspecified atom stereocenters. The van der Waals surface area contributed by atoms with Crippen LogP contribution in [0.15, 0.2) is 78.9 Å². The van der Waals surface area contributed by atoms with Gasteiger partial charge in [-0.05, 0) is 28.8 Å². The van der Waals surface area contributed by atoms with Gasteiger partial charge >= 0.3 is 6.03 Å². The van der Waals surface area contributed by atoms with Crippen LogP contribution < -0.4 is 20.1 Å². The summed E-state index contributed by atoms with van der Waals surface area (Å²) in [5.74, 6) is 0.153. The van der Waals surface area contributed by atoms with E-state index in [4.69, 9.17) is 9.47 Å². The van der Waals surface area contributed by atoms with Gasteiger partial charge in [-0.2, -0.15) is 0 Å². The van der Waals surface area contributed by atoms with Crippen molar-refractivity contribution in [2.24, 2.45) is 0 Å². The number of hydrogen-bond acceptors (Lipinski definition) is 5. The molecule has 3 aromatic rings. The molecule has 0 spiro atoms. The predicted octanol–water partition coefficient (Wildman–Crippen LogP) is 2.82. The molecule has 1 fully saturated rings. The van der Waals surface area contributed by atoms with Crippen LogP contribution in [-0.2, 0) is 21.7 Å². The predicted molar refractivity (Wildman–Crippen MR) is 125 cm³/mol. The third-order valence-corrected chi connectivity index (χ3v) is 5.76. The Labute approximate surface area is 197 Å². The normalized spacial score (nSPS) is 14.5. The quantitative estimate of drug-likeness (QED) is 0.505. The lowest BCUT2D eigenvalue weighted by molar-refractivity contribution is -0.134. The van der Waals surface area contributed by atoms with Crippen molar-refractivity contribution in [2.45, 2.75) is 12.1 Å². The van der Waals surface area contributed by atoms with E-state index in [0.717, 1.165) is 10.5 Å². The van der Waals surface area contributed by atoms with Crippen LogP contribution in [0, 0.1) is 0 Å². The number of amides is 4. The summed E-state index contributed by atoms with van der Waals surface area (Å²) in [7, 11) is 3.08. The maximum absolute atomic E-state index is 13.6. The number of nitrogens with one attached hydrogen (secondary N) is 2. The molecule has 0 aliphatic carbocycles. The lowest BCUT2D eigenvalue weighted by atomic mass is 9.82. The molecule has 2 N–H and O–H groups in total. The smallest absolute Gasteiger partial charge is 0.326 e. The van der Waals surface area contributed by atoms with Gasteiger partial charge in [0.1, 0.15) is 6.54 Å². The highest BCUT2D eigenvalue weighted by Gasteiger charge is 2.54. The second-order valence-corrected chi connectivity index (χ2v) is 7.77. The number of carbonyl (C=O) groups is 3. The van der Waals surface area contributed by atoms with Gasteiger partial charge in [-0.25, -0.2) is 4.79 Å². The second kappa shape index (κ2) is 9.66. The molecule has 174 valence electrons. The highest BCUT2D eigenvalue weighted by Crippen LogP contribution is 2.35. The number of benzene rings is 3. The molecule has 0 aromatic heterocycles. The molecule has 4 amide bonds. The van der Waals surface area contributed by atoms with E-state index in [-0.39, 0.29) is 6.54 Å². The minimum Gasteiger partial charge on any atom is -0.493 e. The molecule has 0 saturated carbocycles. The van der Waals surface area contributed by atoms with Crippen LogP contribution in [0.4, 0.5) is 4.79 Å². The fourth-order valence-corrected chi connectivity index (χ4v) is 4.04. The van der Waals surface area contributed by atoms with Crippen molar-refractivity contribution < 1.29 is 23.9 Å². The van der Waals surface area contributed by atoms with Gasteiger partial charge in [0.05, 0.1) is 14.2 Å². The van der Waals surface area contributed by atoms with E-state index in [1.54, 1.807) is 73.8 Å². The first-order valence-corrected chi connectivity index (χ1v) is 10.7. The van der Waals surface area contributed by atoms with E-state index in [9.17, 15) is 14.4 Å². The molecule has 0 radical (unpaired) electrons. The zero-order valence-corrected chi connectivity index (χ0v) is 18.9. The maximum atomic E-state index is 13.6. The monoisotopic (exact) mass is 459 g/mol. The fourth-order valence-electron chi connectivity index (χ4n) is 4.04. The number of urea groups is 1. The Morgan fingerprint density at radius 1 is 0.882 bits per heavy atom. The number of rotatable bonds is 8. The number of hydrogen-bond donors (Lipinski definition) is 2. The van der Waals surface area contributed by atoms with Gasteiger partial charge in [0.25, 0.3) is 5.91 Å². The van der Waals surface area contributed by atoms with E-state index < -0.39 is 29.9 Å². The summed E-state index contributed by atoms with van der Waals surface area (Å²) < 4.78 is 10.5. The molecule has 4 rings (SSSR count). The van der Waals surface area contributed by atoms with E-state index in [0.29, 0.717) is 22.6 Å². The van der Waals surface area contributed by atoms with Crippen LogP contribution in [0.3, 0.4) is 0 Å². The van der Waals surface area contributed by atoms with Crippen LogP contribution >= 0.6 is 0 Å². The first kappa shape index (κ1) is 22.8. The third-order valence-electron chi connectivity index (χ3n) is 5.76. The zero-order chi connectivity index (χ0) is 24.1. The second-order valence-electron chi connectivity index (χ2n) is 7.77. The van der Waals surface area contributed by atoms with E-state index in [1.807, 2.05) is 12.1 Å². The lowest BCUT2D eigenvalue weighted by Crippen LogP contribution is -2.46. The van der Waals surface area contributed by atoms with Gasteiger partial charge in [0.2, 0.25) is 5.91 Å². The highest BCUT2D eigenvalue weighted by atomic mass is 16.5. The SMILES string of the molecule is COc1ccc(CNC(=O)CN2C(=O)NC(c3ccccc3)(c3ccccc3)C2=O)cc1OC. The summed E-state index contributed by atoms with van der Waals surface area (Å²) in [4.78, 5) is 40.2. The van der Waals surface area contributed by atoms with Gasteiger partial charge in [0.15, 0.2) is 17.0 Å². The minimum atomic E-state index is -1.40. The lowest BCUT2D eigenvalue weighted by Gasteiger charge is -2.28. The minimum absolute atomic E-state index is 0.200. The van der Waals surface area contributed by atoms with Gasteiger partial charge in [-0.15, -0.1) is 0 Å². The topological polar surface area (TPSA) is 97.0 Å². The maximum Gasteiger partial charge on any atom is 0.326 e. The van der Waals surface area contributed by atoms with Crippen LogP contribution in [0.2, 0.25) is 0 Å². The molecule has 34 heavy (non-hydrogen) atoms. The van der Waals surface area contributed by atoms with Crippen molar-refractivity contribution in [3.8, 4) is 11.5 Å². The van der Waals surface area contributed by atoms with Crippen molar-refractivity contribution in [3.63, 3.8) is 0 Å². The number of ether oxygens (including phenoxy) is 2. The van der Waals surface area contributed by atoms with E-state index >= 15 is 0 Å². The van der Waals surface area contributed by atoms with Crippen molar-refractivity contribution in [3.05, 3.63) is 95.6 Å². The summed E-state index contributed by atoms with van der Waals surface area (Å²) in [6, 6.07) is 22.7. The number of carbonyl (C=O) groups excluding carboxylic acids is 3. The molecule has 1 aliphatic heterocycles. The summed E-state index contributed by atoms with van der Waals surface area (Å²) in [5, 5.41) is 5.59. The molecule has 1 heterocycles. The van der Waals surface area contributed by atoms with E-state index in [1.165, 1.54) is 7.11 Å². The Morgan fingerprint density at radius 3 is 2.03 bits per heavy atom. The number of methoxy groups -OCH3 is 2. The Kier molecular flexibility index (Phi) is 6.49. The van der Waals surface area contributed by atoms with Gasteiger partial charge in [-0.3, -0.25) is 14.5 Å². The third kappa shape index (κ3) is 4.17. The average molecular weight is 460 g/mol. The fraction of sp³-hybridized carbons (Fsp3) is 0.192. The van der Waals surface area contributed by atoms with Crippen LogP contribution in [0.1, 0.15) is 16.7 Å². The molecular formula is C26H25N3O5. The van der Waals surface area contributed by atoms with Gasteiger partial charge in [-0.1, -0.05) is 66.7 Å². The standard InChI is InChI=1S/C26H25N3O5/c1-33-21-14-13-18(15-22(21)34-2)16-27-23(30)17-29-24(31)26(28-25(29)32,19-9-5-3-6-10-19)20-11-7-4-8-12-20/h3-15H,16-17H2,1-2H3,(H,27,30)(H,28,32). The van der Waals surface area contributed by atoms with Crippen LogP contribution in [0.5, 0.6) is 11.5 Å². The number of nitrogens with zero attached hydrogens (tertiary/aromatic N) is 1. The zero-order valence-electron chi connectivity index (χ0n) is 18.9. The molecule has 1 saturated heterocycles. The first-order valence-electron chi connectivity index (χ1n) is 10.7.